The predicted molar refractivity (Wildman–Crippen MR) is 52.9 cm³/mol. The first-order valence-corrected chi connectivity index (χ1v) is 5.40. The van der Waals surface area contributed by atoms with Crippen molar-refractivity contribution >= 4 is 0 Å². The molecule has 2 aliphatic heterocycles. The summed E-state index contributed by atoms with van der Waals surface area (Å²) >= 11 is 0. The van der Waals surface area contributed by atoms with Gasteiger partial charge in [-0.1, -0.05) is 0 Å². The Morgan fingerprint density at radius 3 is 2.14 bits per heavy atom. The number of rotatable bonds is 1. The van der Waals surface area contributed by atoms with Gasteiger partial charge in [-0.25, -0.2) is 0 Å². The minimum atomic E-state index is 0.638. The highest BCUT2D eigenvalue weighted by Crippen LogP contribution is 2.39. The molecule has 2 atom stereocenters. The minimum Gasteiger partial charge on any atom is -0.317 e. The van der Waals surface area contributed by atoms with E-state index < -0.39 is 0 Å². The standard InChI is InChI=1S/C10H16N4/c1-13-8-2-3-9(13)5-10(4-8)14-6-11-12-7-14/h6-10H,2-5H2,1H3. The van der Waals surface area contributed by atoms with Crippen LogP contribution in [0.5, 0.6) is 0 Å². The SMILES string of the molecule is CN1C2CCC1CC(n1cnnc1)C2. The fourth-order valence-electron chi connectivity index (χ4n) is 3.02. The Morgan fingerprint density at radius 1 is 1.00 bits per heavy atom. The molecule has 2 aliphatic rings. The van der Waals surface area contributed by atoms with Crippen LogP contribution in [0.3, 0.4) is 0 Å². The molecule has 14 heavy (non-hydrogen) atoms. The van der Waals surface area contributed by atoms with E-state index >= 15 is 0 Å². The molecule has 76 valence electrons. The normalized spacial score (nSPS) is 37.6. The molecule has 0 saturated carbocycles. The number of piperidine rings is 1. The topological polar surface area (TPSA) is 34.0 Å². The maximum absolute atomic E-state index is 3.89. The second-order valence-corrected chi connectivity index (χ2v) is 4.58. The number of hydrogen-bond donors (Lipinski definition) is 0. The molecule has 0 N–H and O–H groups in total. The van der Waals surface area contributed by atoms with E-state index in [1.54, 1.807) is 0 Å². The van der Waals surface area contributed by atoms with Crippen molar-refractivity contribution in [2.75, 3.05) is 7.05 Å². The van der Waals surface area contributed by atoms with Crippen LogP contribution in [0.1, 0.15) is 31.7 Å². The largest absolute Gasteiger partial charge is 0.317 e. The van der Waals surface area contributed by atoms with E-state index in [2.05, 4.69) is 26.7 Å². The lowest BCUT2D eigenvalue weighted by molar-refractivity contribution is 0.137. The molecule has 4 heteroatoms. The number of nitrogens with zero attached hydrogens (tertiary/aromatic N) is 4. The summed E-state index contributed by atoms with van der Waals surface area (Å²) < 4.78 is 2.18. The van der Waals surface area contributed by atoms with Gasteiger partial charge in [0.2, 0.25) is 0 Å². The van der Waals surface area contributed by atoms with Crippen LogP contribution < -0.4 is 0 Å². The van der Waals surface area contributed by atoms with Crippen molar-refractivity contribution in [2.45, 2.75) is 43.8 Å². The van der Waals surface area contributed by atoms with Crippen LogP contribution in [-0.4, -0.2) is 38.8 Å². The van der Waals surface area contributed by atoms with Crippen molar-refractivity contribution < 1.29 is 0 Å². The summed E-state index contributed by atoms with van der Waals surface area (Å²) in [7, 11) is 2.27. The molecular formula is C10H16N4. The first kappa shape index (κ1) is 8.41. The molecule has 3 rings (SSSR count). The number of hydrogen-bond acceptors (Lipinski definition) is 3. The lowest BCUT2D eigenvalue weighted by Gasteiger charge is -2.36. The number of fused-ring (bicyclic) bond motifs is 2. The molecule has 0 amide bonds. The van der Waals surface area contributed by atoms with Crippen molar-refractivity contribution in [1.29, 1.82) is 0 Å². The third kappa shape index (κ3) is 1.17. The minimum absolute atomic E-state index is 0.638. The van der Waals surface area contributed by atoms with Gasteiger partial charge in [0, 0.05) is 18.1 Å². The van der Waals surface area contributed by atoms with E-state index in [4.69, 9.17) is 0 Å². The summed E-state index contributed by atoms with van der Waals surface area (Å²) in [5.41, 5.74) is 0. The molecule has 2 bridgehead atoms. The van der Waals surface area contributed by atoms with Gasteiger partial charge in [-0.3, -0.25) is 0 Å². The Morgan fingerprint density at radius 2 is 1.57 bits per heavy atom. The van der Waals surface area contributed by atoms with E-state index in [0.29, 0.717) is 6.04 Å². The van der Waals surface area contributed by atoms with E-state index in [9.17, 15) is 0 Å². The Bertz CT molecular complexity index is 294. The van der Waals surface area contributed by atoms with E-state index in [0.717, 1.165) is 12.1 Å². The molecule has 0 spiro atoms. The molecule has 0 aliphatic carbocycles. The maximum atomic E-state index is 3.89. The highest BCUT2D eigenvalue weighted by Gasteiger charge is 2.38. The average molecular weight is 192 g/mol. The summed E-state index contributed by atoms with van der Waals surface area (Å²) in [4.78, 5) is 2.56. The summed E-state index contributed by atoms with van der Waals surface area (Å²) in [5.74, 6) is 0. The smallest absolute Gasteiger partial charge is 0.119 e. The second kappa shape index (κ2) is 3.05. The fourth-order valence-corrected chi connectivity index (χ4v) is 3.02. The summed E-state index contributed by atoms with van der Waals surface area (Å²) in [5, 5.41) is 7.77. The molecule has 0 radical (unpaired) electrons. The maximum Gasteiger partial charge on any atom is 0.119 e. The lowest BCUT2D eigenvalue weighted by atomic mass is 9.98. The molecule has 4 nitrogen and oxygen atoms in total. The van der Waals surface area contributed by atoms with Crippen LogP contribution in [0, 0.1) is 0 Å². The lowest BCUT2D eigenvalue weighted by Crippen LogP contribution is -2.40. The highest BCUT2D eigenvalue weighted by molar-refractivity contribution is 4.95. The quantitative estimate of drug-likeness (QED) is 0.667. The van der Waals surface area contributed by atoms with Crippen LogP contribution >= 0.6 is 0 Å². The van der Waals surface area contributed by atoms with Crippen LogP contribution in [0.25, 0.3) is 0 Å². The summed E-state index contributed by atoms with van der Waals surface area (Å²) in [6.45, 7) is 0. The molecule has 2 saturated heterocycles. The van der Waals surface area contributed by atoms with Gasteiger partial charge in [-0.05, 0) is 32.7 Å². The summed E-state index contributed by atoms with van der Waals surface area (Å²) in [6.07, 6.45) is 9.00. The second-order valence-electron chi connectivity index (χ2n) is 4.58. The van der Waals surface area contributed by atoms with Crippen LogP contribution in [0.2, 0.25) is 0 Å². The van der Waals surface area contributed by atoms with Crippen molar-refractivity contribution in [3.05, 3.63) is 12.7 Å². The Hall–Kier alpha value is -0.900. The zero-order valence-corrected chi connectivity index (χ0v) is 8.50. The third-order valence-electron chi connectivity index (χ3n) is 3.93. The van der Waals surface area contributed by atoms with E-state index in [1.807, 2.05) is 12.7 Å². The zero-order chi connectivity index (χ0) is 9.54. The molecule has 2 fully saturated rings. The Balaban J connectivity index is 1.80. The van der Waals surface area contributed by atoms with E-state index in [1.165, 1.54) is 25.7 Å². The molecular weight excluding hydrogens is 176 g/mol. The van der Waals surface area contributed by atoms with Gasteiger partial charge >= 0.3 is 0 Å². The van der Waals surface area contributed by atoms with Gasteiger partial charge < -0.3 is 9.47 Å². The summed E-state index contributed by atoms with van der Waals surface area (Å²) in [6, 6.07) is 2.22. The van der Waals surface area contributed by atoms with Gasteiger partial charge in [0.15, 0.2) is 0 Å². The van der Waals surface area contributed by atoms with Gasteiger partial charge in [-0.15, -0.1) is 10.2 Å². The van der Waals surface area contributed by atoms with Crippen molar-refractivity contribution in [1.82, 2.24) is 19.7 Å². The van der Waals surface area contributed by atoms with Gasteiger partial charge in [0.05, 0.1) is 0 Å². The molecule has 3 heterocycles. The van der Waals surface area contributed by atoms with Crippen LogP contribution in [0.4, 0.5) is 0 Å². The first-order valence-electron chi connectivity index (χ1n) is 5.40. The molecule has 2 unspecified atom stereocenters. The van der Waals surface area contributed by atoms with Gasteiger partial charge in [0.1, 0.15) is 12.7 Å². The van der Waals surface area contributed by atoms with Crippen molar-refractivity contribution in [3.8, 4) is 0 Å². The Labute approximate surface area is 83.9 Å². The predicted octanol–water partition coefficient (Wildman–Crippen LogP) is 1.08. The average Bonchev–Trinajstić information content (AvgIpc) is 2.75. The van der Waals surface area contributed by atoms with Crippen molar-refractivity contribution in [3.63, 3.8) is 0 Å². The molecule has 1 aromatic heterocycles. The van der Waals surface area contributed by atoms with Crippen LogP contribution in [0.15, 0.2) is 12.7 Å². The first-order chi connectivity index (χ1) is 6.84. The monoisotopic (exact) mass is 192 g/mol. The van der Waals surface area contributed by atoms with Gasteiger partial charge in [0.25, 0.3) is 0 Å². The fraction of sp³-hybridized carbons (Fsp3) is 0.800. The molecule has 1 aromatic rings. The van der Waals surface area contributed by atoms with Crippen molar-refractivity contribution in [2.24, 2.45) is 0 Å². The zero-order valence-electron chi connectivity index (χ0n) is 8.50. The Kier molecular flexibility index (Phi) is 1.83. The third-order valence-corrected chi connectivity index (χ3v) is 3.93. The van der Waals surface area contributed by atoms with E-state index in [-0.39, 0.29) is 0 Å². The number of aromatic nitrogens is 3. The van der Waals surface area contributed by atoms with Gasteiger partial charge in [-0.2, -0.15) is 0 Å². The highest BCUT2D eigenvalue weighted by atomic mass is 15.3. The molecule has 0 aromatic carbocycles. The van der Waals surface area contributed by atoms with Crippen LogP contribution in [-0.2, 0) is 0 Å².